The first-order valence-corrected chi connectivity index (χ1v) is 20.4. The number of allylic oxidation sites excluding steroid dienone is 1. The summed E-state index contributed by atoms with van der Waals surface area (Å²) in [7, 11) is 3.78. The first-order chi connectivity index (χ1) is 23.3. The van der Waals surface area contributed by atoms with E-state index in [9.17, 15) is 30.3 Å². The molecule has 266 valence electrons. The van der Waals surface area contributed by atoms with Gasteiger partial charge in [-0.05, 0) is 129 Å². The fourth-order valence-corrected chi connectivity index (χ4v) is 10.4. The molecular weight excluding hydrogens is 643 g/mol. The van der Waals surface area contributed by atoms with Crippen molar-refractivity contribution in [2.75, 3.05) is 12.3 Å². The van der Waals surface area contributed by atoms with Crippen molar-refractivity contribution in [1.82, 2.24) is 0 Å². The summed E-state index contributed by atoms with van der Waals surface area (Å²) >= 11 is 0. The largest absolute Gasteiger partial charge is 0.481 e. The van der Waals surface area contributed by atoms with E-state index in [4.69, 9.17) is 5.73 Å². The number of rotatable bonds is 12. The van der Waals surface area contributed by atoms with Gasteiger partial charge in [-0.2, -0.15) is 0 Å². The van der Waals surface area contributed by atoms with Gasteiger partial charge in [-0.25, -0.2) is 0 Å². The lowest BCUT2D eigenvalue weighted by atomic mass is 9.75. The zero-order chi connectivity index (χ0) is 34.3. The third-order valence-electron chi connectivity index (χ3n) is 10.7. The lowest BCUT2D eigenvalue weighted by molar-refractivity contribution is -0.138. The number of benzene rings is 2. The normalized spacial score (nSPS) is 27.5. The summed E-state index contributed by atoms with van der Waals surface area (Å²) in [6, 6.07) is 16.7. The van der Waals surface area contributed by atoms with Gasteiger partial charge in [-0.3, -0.25) is 4.79 Å². The Balaban J connectivity index is 1.60. The Kier molecular flexibility index (Phi) is 16.8. The van der Waals surface area contributed by atoms with Gasteiger partial charge < -0.3 is 31.3 Å². The highest BCUT2D eigenvalue weighted by Crippen LogP contribution is 2.39. The van der Waals surface area contributed by atoms with Gasteiger partial charge in [0.25, 0.3) is 0 Å². The standard InChI is InChI=1S/C39H57NO6S2/c40-20-19-31-12-11-30(9-4-10-37(43)39(46)32-15-17-36(42)18-16-32)35(22-27-5-3-6-28(21-27)24-41)26-48-47-25-34-8-2-1-7-29(34)13-14-33(31)23-38(44)45/h1-8,10,21,30-33,35-37,39,41-43,46H,9,11-20,22-26,40H2,(H,44,45)/t30-,31+,32?,33-,35-,36?,37+,39-/m1/s1. The Morgan fingerprint density at radius 1 is 0.875 bits per heavy atom. The van der Waals surface area contributed by atoms with Crippen molar-refractivity contribution in [3.05, 3.63) is 82.9 Å². The zero-order valence-electron chi connectivity index (χ0n) is 28.2. The van der Waals surface area contributed by atoms with Crippen molar-refractivity contribution < 1.29 is 30.3 Å². The van der Waals surface area contributed by atoms with E-state index in [1.165, 1.54) is 16.7 Å². The van der Waals surface area contributed by atoms with Crippen LogP contribution in [0.3, 0.4) is 0 Å². The molecule has 2 aliphatic rings. The summed E-state index contributed by atoms with van der Waals surface area (Å²) in [5.41, 5.74) is 10.8. The van der Waals surface area contributed by atoms with E-state index < -0.39 is 18.2 Å². The van der Waals surface area contributed by atoms with Crippen LogP contribution >= 0.6 is 21.6 Å². The molecule has 0 amide bonds. The monoisotopic (exact) mass is 699 g/mol. The molecule has 1 fully saturated rings. The summed E-state index contributed by atoms with van der Waals surface area (Å²) < 4.78 is 0. The molecular formula is C39H57NO6S2. The molecule has 6 atom stereocenters. The number of carboxylic acids is 1. The van der Waals surface area contributed by atoms with Gasteiger partial charge >= 0.3 is 5.97 Å². The van der Waals surface area contributed by atoms with Crippen LogP contribution < -0.4 is 5.73 Å². The van der Waals surface area contributed by atoms with Crippen molar-refractivity contribution in [1.29, 1.82) is 0 Å². The maximum atomic E-state index is 12.1. The van der Waals surface area contributed by atoms with Crippen LogP contribution in [-0.4, -0.2) is 62.1 Å². The highest BCUT2D eigenvalue weighted by molar-refractivity contribution is 8.76. The highest BCUT2D eigenvalue weighted by Gasteiger charge is 2.30. The molecule has 7 N–H and O–H groups in total. The van der Waals surface area contributed by atoms with Crippen LogP contribution in [0.25, 0.3) is 0 Å². The number of aryl methyl sites for hydroxylation is 1. The molecule has 2 aromatic rings. The molecule has 0 unspecified atom stereocenters. The molecule has 0 saturated heterocycles. The number of carbonyl (C=O) groups is 1. The minimum absolute atomic E-state index is 0.000583. The average molecular weight is 700 g/mol. The van der Waals surface area contributed by atoms with E-state index in [1.807, 2.05) is 39.8 Å². The number of carboxylic acid groups (broad SMARTS) is 1. The van der Waals surface area contributed by atoms with Gasteiger partial charge in [0.15, 0.2) is 0 Å². The molecule has 4 rings (SSSR count). The van der Waals surface area contributed by atoms with Crippen LogP contribution in [0.4, 0.5) is 0 Å². The fraction of sp³-hybridized carbons (Fsp3) is 0.615. The molecule has 1 saturated carbocycles. The Labute approximate surface area is 295 Å². The number of aliphatic hydroxyl groups is 4. The number of fused-ring (bicyclic) bond motifs is 1. The quantitative estimate of drug-likeness (QED) is 0.108. The van der Waals surface area contributed by atoms with Crippen molar-refractivity contribution >= 4 is 27.6 Å². The number of hydrogen-bond donors (Lipinski definition) is 6. The predicted molar refractivity (Wildman–Crippen MR) is 197 cm³/mol. The molecule has 2 aromatic carbocycles. The second kappa shape index (κ2) is 20.7. The van der Waals surface area contributed by atoms with Crippen LogP contribution in [-0.2, 0) is 30.0 Å². The number of hydrogen-bond acceptors (Lipinski definition) is 8. The van der Waals surface area contributed by atoms with Crippen molar-refractivity contribution in [2.24, 2.45) is 35.3 Å². The predicted octanol–water partition coefficient (Wildman–Crippen LogP) is 6.54. The number of aliphatic hydroxyl groups excluding tert-OH is 4. The Morgan fingerprint density at radius 2 is 1.60 bits per heavy atom. The smallest absolute Gasteiger partial charge is 0.303 e. The van der Waals surface area contributed by atoms with Gasteiger partial charge in [0.2, 0.25) is 0 Å². The summed E-state index contributed by atoms with van der Waals surface area (Å²) in [6.45, 7) is 0.522. The minimum atomic E-state index is -0.960. The summed E-state index contributed by atoms with van der Waals surface area (Å²) in [4.78, 5) is 12.1. The van der Waals surface area contributed by atoms with Crippen LogP contribution in [0.15, 0.2) is 60.7 Å². The first-order valence-electron chi connectivity index (χ1n) is 17.9. The number of nitrogens with two attached hydrogens (primary N) is 1. The second-order valence-corrected chi connectivity index (χ2v) is 16.6. The van der Waals surface area contributed by atoms with Gasteiger partial charge in [0.1, 0.15) is 0 Å². The lowest BCUT2D eigenvalue weighted by Crippen LogP contribution is -2.35. The molecule has 0 radical (unpaired) electrons. The van der Waals surface area contributed by atoms with Crippen LogP contribution in [0.1, 0.15) is 86.5 Å². The second-order valence-electron chi connectivity index (χ2n) is 14.0. The molecule has 7 nitrogen and oxygen atoms in total. The highest BCUT2D eigenvalue weighted by atomic mass is 33.1. The Bertz CT molecular complexity index is 1270. The van der Waals surface area contributed by atoms with E-state index in [2.05, 4.69) is 36.4 Å². The van der Waals surface area contributed by atoms with Crippen molar-refractivity contribution in [2.45, 2.75) is 108 Å². The minimum Gasteiger partial charge on any atom is -0.481 e. The molecule has 0 bridgehead atoms. The van der Waals surface area contributed by atoms with Gasteiger partial charge in [-0.15, -0.1) is 0 Å². The van der Waals surface area contributed by atoms with Crippen molar-refractivity contribution in [3.63, 3.8) is 0 Å². The summed E-state index contributed by atoms with van der Waals surface area (Å²) in [5, 5.41) is 51.5. The Morgan fingerprint density at radius 3 is 2.33 bits per heavy atom. The Hall–Kier alpha value is -1.85. The fourth-order valence-electron chi connectivity index (χ4n) is 7.80. The van der Waals surface area contributed by atoms with Crippen LogP contribution in [0, 0.1) is 29.6 Å². The molecule has 9 heteroatoms. The third kappa shape index (κ3) is 12.5. The van der Waals surface area contributed by atoms with Crippen LogP contribution in [0.5, 0.6) is 0 Å². The lowest BCUT2D eigenvalue weighted by Gasteiger charge is -2.32. The van der Waals surface area contributed by atoms with E-state index in [-0.39, 0.29) is 42.8 Å². The van der Waals surface area contributed by atoms with E-state index >= 15 is 0 Å². The van der Waals surface area contributed by atoms with E-state index in [0.717, 1.165) is 62.0 Å². The SMILES string of the molecule is NCC[C@@H]1CC[C@@H](CC=C[C@H](O)[C@H](O)C2CCC(O)CC2)[C@H](Cc2cccc(CO)c2)CSSCc2ccccc2CC[C@@H]1CC(=O)O. The molecule has 1 aliphatic heterocycles. The first kappa shape index (κ1) is 38.9. The van der Waals surface area contributed by atoms with Gasteiger partial charge in [0.05, 0.1) is 24.9 Å². The van der Waals surface area contributed by atoms with E-state index in [0.29, 0.717) is 38.1 Å². The third-order valence-corrected chi connectivity index (χ3v) is 13.1. The maximum Gasteiger partial charge on any atom is 0.303 e. The molecule has 0 spiro atoms. The van der Waals surface area contributed by atoms with E-state index in [1.54, 1.807) is 6.08 Å². The average Bonchev–Trinajstić information content (AvgIpc) is 3.09. The van der Waals surface area contributed by atoms with Gasteiger partial charge in [-0.1, -0.05) is 82.3 Å². The zero-order valence-corrected chi connectivity index (χ0v) is 29.9. The van der Waals surface area contributed by atoms with Crippen LogP contribution in [0.2, 0.25) is 0 Å². The topological polar surface area (TPSA) is 144 Å². The van der Waals surface area contributed by atoms with Crippen molar-refractivity contribution in [3.8, 4) is 0 Å². The van der Waals surface area contributed by atoms with Gasteiger partial charge in [0, 0.05) is 17.9 Å². The molecule has 1 heterocycles. The maximum absolute atomic E-state index is 12.1. The summed E-state index contributed by atoms with van der Waals surface area (Å²) in [6.07, 6.45) is 10.4. The summed E-state index contributed by atoms with van der Waals surface area (Å²) in [5.74, 6) is 1.84. The molecule has 48 heavy (non-hydrogen) atoms. The molecule has 1 aliphatic carbocycles. The number of aliphatic carboxylic acids is 1. The molecule has 0 aromatic heterocycles.